The number of nitrogens with one attached hydrogen (secondary N) is 1. The SMILES string of the molecule is O=C1CCC(N2Cc3ccc(-n4cc(C(=O)N5CCCC6(C=CCO6)C5)nn4)cc3C2=O)C(=O)N1. The predicted octanol–water partition coefficient (Wildman–Crippen LogP) is 0.590. The molecule has 5 heterocycles. The van der Waals surface area contributed by atoms with Gasteiger partial charge in [0.15, 0.2) is 5.69 Å². The maximum Gasteiger partial charge on any atom is 0.276 e. The number of piperidine rings is 2. The van der Waals surface area contributed by atoms with E-state index in [1.54, 1.807) is 23.2 Å². The Bertz CT molecular complexity index is 1280. The molecular formula is C24H24N6O5. The third-order valence-electron chi connectivity index (χ3n) is 7.15. The molecule has 2 saturated heterocycles. The van der Waals surface area contributed by atoms with Gasteiger partial charge in [-0.05, 0) is 37.0 Å². The second-order valence-electron chi connectivity index (χ2n) is 9.40. The predicted molar refractivity (Wildman–Crippen MR) is 120 cm³/mol. The zero-order valence-electron chi connectivity index (χ0n) is 19.0. The number of likely N-dealkylation sites (tertiary alicyclic amines) is 1. The standard InChI is InChI=1S/C24H24N6O5/c31-20-6-5-19(21(32)25-20)29-12-15-3-4-16(11-17(15)22(29)33)30-13-18(26-27-30)23(34)28-9-1-7-24(14-28)8-2-10-35-24/h2-4,8,11,13,19H,1,5-7,9-10,12,14H2,(H,25,31,32). The van der Waals surface area contributed by atoms with E-state index < -0.39 is 17.6 Å². The molecule has 1 aromatic carbocycles. The lowest BCUT2D eigenvalue weighted by molar-refractivity contribution is -0.136. The van der Waals surface area contributed by atoms with Gasteiger partial charge in [0.2, 0.25) is 11.8 Å². The summed E-state index contributed by atoms with van der Waals surface area (Å²) < 4.78 is 7.34. The molecule has 0 saturated carbocycles. The highest BCUT2D eigenvalue weighted by Gasteiger charge is 2.40. The van der Waals surface area contributed by atoms with E-state index in [9.17, 15) is 19.2 Å². The van der Waals surface area contributed by atoms with Crippen molar-refractivity contribution in [1.82, 2.24) is 30.1 Å². The monoisotopic (exact) mass is 476 g/mol. The summed E-state index contributed by atoms with van der Waals surface area (Å²) in [6, 6.07) is 4.64. The van der Waals surface area contributed by atoms with Crippen molar-refractivity contribution in [2.24, 2.45) is 0 Å². The smallest absolute Gasteiger partial charge is 0.276 e. The minimum Gasteiger partial charge on any atom is -0.365 e. The highest BCUT2D eigenvalue weighted by molar-refractivity contribution is 6.05. The number of carbonyl (C=O) groups excluding carboxylic acids is 4. The first kappa shape index (κ1) is 21.7. The van der Waals surface area contributed by atoms with E-state index in [-0.39, 0.29) is 29.8 Å². The Labute approximate surface area is 200 Å². The van der Waals surface area contributed by atoms with Crippen LogP contribution in [0.25, 0.3) is 5.69 Å². The average molecular weight is 476 g/mol. The Hall–Kier alpha value is -3.86. The fourth-order valence-electron chi connectivity index (χ4n) is 5.34. The quantitative estimate of drug-likeness (QED) is 0.507. The number of hydrogen-bond donors (Lipinski definition) is 1. The van der Waals surface area contributed by atoms with Gasteiger partial charge in [0.1, 0.15) is 11.6 Å². The van der Waals surface area contributed by atoms with Gasteiger partial charge < -0.3 is 14.5 Å². The molecule has 0 aliphatic carbocycles. The van der Waals surface area contributed by atoms with Gasteiger partial charge in [0.05, 0.1) is 25.0 Å². The number of rotatable bonds is 3. The molecule has 11 heteroatoms. The molecule has 6 rings (SSSR count). The molecular weight excluding hydrogens is 452 g/mol. The van der Waals surface area contributed by atoms with Gasteiger partial charge in [-0.2, -0.15) is 0 Å². The summed E-state index contributed by atoms with van der Waals surface area (Å²) in [7, 11) is 0. The van der Waals surface area contributed by atoms with Gasteiger partial charge in [-0.3, -0.25) is 24.5 Å². The van der Waals surface area contributed by atoms with Crippen LogP contribution >= 0.6 is 0 Å². The summed E-state index contributed by atoms with van der Waals surface area (Å²) in [6.07, 6.45) is 7.85. The molecule has 2 unspecified atom stereocenters. The van der Waals surface area contributed by atoms with Crippen LogP contribution < -0.4 is 5.32 Å². The van der Waals surface area contributed by atoms with Gasteiger partial charge >= 0.3 is 0 Å². The number of benzene rings is 1. The maximum atomic E-state index is 13.1. The Kier molecular flexibility index (Phi) is 5.03. The fraction of sp³-hybridized carbons (Fsp3) is 0.417. The van der Waals surface area contributed by atoms with Crippen LogP contribution in [0.1, 0.15) is 52.1 Å². The molecule has 4 aliphatic heterocycles. The molecule has 2 fully saturated rings. The van der Waals surface area contributed by atoms with E-state index in [2.05, 4.69) is 15.6 Å². The highest BCUT2D eigenvalue weighted by atomic mass is 16.5. The number of amides is 4. The topological polar surface area (TPSA) is 127 Å². The number of nitrogens with zero attached hydrogens (tertiary/aromatic N) is 5. The molecule has 0 bridgehead atoms. The summed E-state index contributed by atoms with van der Waals surface area (Å²) in [5.41, 5.74) is 1.67. The van der Waals surface area contributed by atoms with Crippen LogP contribution in [0.5, 0.6) is 0 Å². The van der Waals surface area contributed by atoms with Crippen LogP contribution in [0.4, 0.5) is 0 Å². The van der Waals surface area contributed by atoms with Crippen LogP contribution in [0.15, 0.2) is 36.5 Å². The lowest BCUT2D eigenvalue weighted by atomic mass is 9.93. The molecule has 180 valence electrons. The van der Waals surface area contributed by atoms with E-state index in [1.807, 2.05) is 18.2 Å². The lowest BCUT2D eigenvalue weighted by Crippen LogP contribution is -2.52. The van der Waals surface area contributed by atoms with Gasteiger partial charge in [-0.1, -0.05) is 23.4 Å². The molecule has 1 spiro atoms. The fourth-order valence-corrected chi connectivity index (χ4v) is 5.34. The van der Waals surface area contributed by atoms with E-state index in [0.717, 1.165) is 18.4 Å². The Morgan fingerprint density at radius 3 is 2.91 bits per heavy atom. The second-order valence-corrected chi connectivity index (χ2v) is 9.40. The highest BCUT2D eigenvalue weighted by Crippen LogP contribution is 2.31. The summed E-state index contributed by atoms with van der Waals surface area (Å²) in [6.45, 7) is 1.98. The first-order valence-corrected chi connectivity index (χ1v) is 11.7. The van der Waals surface area contributed by atoms with Gasteiger partial charge in [-0.15, -0.1) is 5.10 Å². The van der Waals surface area contributed by atoms with Crippen molar-refractivity contribution in [3.8, 4) is 5.69 Å². The van der Waals surface area contributed by atoms with E-state index in [1.165, 1.54) is 9.58 Å². The van der Waals surface area contributed by atoms with Gasteiger partial charge in [-0.25, -0.2) is 4.68 Å². The van der Waals surface area contributed by atoms with Crippen molar-refractivity contribution in [2.45, 2.75) is 43.9 Å². The maximum absolute atomic E-state index is 13.1. The number of fused-ring (bicyclic) bond motifs is 1. The van der Waals surface area contributed by atoms with Crippen LogP contribution in [0.2, 0.25) is 0 Å². The zero-order valence-corrected chi connectivity index (χ0v) is 19.0. The van der Waals surface area contributed by atoms with Crippen LogP contribution in [-0.2, 0) is 20.9 Å². The first-order chi connectivity index (χ1) is 16.9. The van der Waals surface area contributed by atoms with Crippen LogP contribution in [0, 0.1) is 0 Å². The molecule has 1 aromatic heterocycles. The number of aromatic nitrogens is 3. The molecule has 4 amide bonds. The molecule has 35 heavy (non-hydrogen) atoms. The molecule has 2 aromatic rings. The summed E-state index contributed by atoms with van der Waals surface area (Å²) >= 11 is 0. The van der Waals surface area contributed by atoms with Crippen molar-refractivity contribution in [3.63, 3.8) is 0 Å². The number of carbonyl (C=O) groups is 4. The third kappa shape index (κ3) is 3.72. The number of hydrogen-bond acceptors (Lipinski definition) is 7. The van der Waals surface area contributed by atoms with Crippen molar-refractivity contribution in [2.75, 3.05) is 19.7 Å². The van der Waals surface area contributed by atoms with Gasteiger partial charge in [0.25, 0.3) is 11.8 Å². The average Bonchev–Trinajstić information content (AvgIpc) is 3.59. The third-order valence-corrected chi connectivity index (χ3v) is 7.15. The number of ether oxygens (including phenoxy) is 1. The summed E-state index contributed by atoms with van der Waals surface area (Å²) in [5.74, 6) is -1.24. The van der Waals surface area contributed by atoms with Crippen molar-refractivity contribution >= 4 is 23.6 Å². The van der Waals surface area contributed by atoms with E-state index >= 15 is 0 Å². The van der Waals surface area contributed by atoms with Crippen molar-refractivity contribution in [1.29, 1.82) is 0 Å². The minimum absolute atomic E-state index is 0.206. The second kappa shape index (κ2) is 8.12. The number of imide groups is 1. The van der Waals surface area contributed by atoms with Gasteiger partial charge in [0, 0.05) is 25.1 Å². The van der Waals surface area contributed by atoms with E-state index in [4.69, 9.17) is 4.74 Å². The van der Waals surface area contributed by atoms with Crippen LogP contribution in [0.3, 0.4) is 0 Å². The minimum atomic E-state index is -0.668. The Morgan fingerprint density at radius 1 is 1.23 bits per heavy atom. The summed E-state index contributed by atoms with van der Waals surface area (Å²) in [5, 5.41) is 10.5. The molecule has 0 radical (unpaired) electrons. The van der Waals surface area contributed by atoms with Crippen LogP contribution in [-0.4, -0.2) is 79.8 Å². The van der Waals surface area contributed by atoms with Crippen molar-refractivity contribution in [3.05, 3.63) is 53.4 Å². The Morgan fingerprint density at radius 2 is 2.11 bits per heavy atom. The molecule has 2 atom stereocenters. The lowest BCUT2D eigenvalue weighted by Gasteiger charge is -2.38. The Balaban J connectivity index is 1.19. The normalized spacial score (nSPS) is 25.9. The first-order valence-electron chi connectivity index (χ1n) is 11.7. The molecule has 11 nitrogen and oxygen atoms in total. The largest absolute Gasteiger partial charge is 0.365 e. The zero-order chi connectivity index (χ0) is 24.2. The van der Waals surface area contributed by atoms with E-state index in [0.29, 0.717) is 43.9 Å². The summed E-state index contributed by atoms with van der Waals surface area (Å²) in [4.78, 5) is 53.2. The molecule has 4 aliphatic rings. The van der Waals surface area contributed by atoms with Crippen molar-refractivity contribution < 1.29 is 23.9 Å². The molecule has 1 N–H and O–H groups in total.